The predicted octanol–water partition coefficient (Wildman–Crippen LogP) is 1.73. The molecule has 2 aromatic heterocycles. The molecule has 7 heteroatoms. The molecule has 6 nitrogen and oxygen atoms in total. The molecular formula is C11H14ClN5O. The number of ether oxygens (including phenoxy) is 1. The molecule has 0 radical (unpaired) electrons. The number of nitrogens with zero attached hydrogens (tertiary/aromatic N) is 5. The number of imidazole rings is 1. The molecule has 2 aromatic rings. The Morgan fingerprint density at radius 2 is 2.11 bits per heavy atom. The van der Waals surface area contributed by atoms with E-state index in [-0.39, 0.29) is 11.3 Å². The summed E-state index contributed by atoms with van der Waals surface area (Å²) in [4.78, 5) is 16.4. The molecule has 0 atom stereocenters. The number of hydrogen-bond donors (Lipinski definition) is 0. The number of aromatic nitrogens is 5. The molecule has 0 amide bonds. The van der Waals surface area contributed by atoms with Gasteiger partial charge in [0.05, 0.1) is 13.0 Å². The highest BCUT2D eigenvalue weighted by Gasteiger charge is 2.09. The zero-order valence-electron chi connectivity index (χ0n) is 10.3. The van der Waals surface area contributed by atoms with E-state index in [9.17, 15) is 0 Å². The molecule has 2 heterocycles. The minimum Gasteiger partial charge on any atom is -0.464 e. The van der Waals surface area contributed by atoms with Gasteiger partial charge in [-0.15, -0.1) is 0 Å². The van der Waals surface area contributed by atoms with E-state index < -0.39 is 0 Å². The quantitative estimate of drug-likeness (QED) is 0.825. The Morgan fingerprint density at radius 1 is 1.28 bits per heavy atom. The highest BCUT2D eigenvalue weighted by molar-refractivity contribution is 6.28. The van der Waals surface area contributed by atoms with E-state index in [1.807, 2.05) is 17.7 Å². The van der Waals surface area contributed by atoms with Crippen LogP contribution in [-0.4, -0.2) is 31.1 Å². The van der Waals surface area contributed by atoms with Gasteiger partial charge in [-0.3, -0.25) is 0 Å². The van der Waals surface area contributed by atoms with Crippen molar-refractivity contribution in [3.63, 3.8) is 0 Å². The third kappa shape index (κ3) is 2.95. The lowest BCUT2D eigenvalue weighted by atomic mass is 10.4. The SMILES string of the molecule is CCOc1nc(Cl)nc(Cc2nccn2CC)n1. The smallest absolute Gasteiger partial charge is 0.320 e. The molecule has 0 saturated heterocycles. The topological polar surface area (TPSA) is 65.7 Å². The molecule has 0 unspecified atom stereocenters. The molecule has 0 aliphatic carbocycles. The van der Waals surface area contributed by atoms with Crippen molar-refractivity contribution in [2.24, 2.45) is 0 Å². The molecule has 0 spiro atoms. The van der Waals surface area contributed by atoms with Crippen LogP contribution in [0, 0.1) is 0 Å². The van der Waals surface area contributed by atoms with Gasteiger partial charge in [0, 0.05) is 18.9 Å². The number of aryl methyl sites for hydroxylation is 1. The first-order valence-electron chi connectivity index (χ1n) is 5.76. The van der Waals surface area contributed by atoms with Crippen molar-refractivity contribution in [3.8, 4) is 6.01 Å². The minimum atomic E-state index is 0.137. The molecule has 0 aliphatic heterocycles. The first-order valence-corrected chi connectivity index (χ1v) is 6.14. The van der Waals surface area contributed by atoms with E-state index in [4.69, 9.17) is 16.3 Å². The van der Waals surface area contributed by atoms with E-state index in [0.29, 0.717) is 18.9 Å². The molecule has 18 heavy (non-hydrogen) atoms. The third-order valence-corrected chi connectivity index (χ3v) is 2.54. The average Bonchev–Trinajstić information content (AvgIpc) is 2.76. The fourth-order valence-electron chi connectivity index (χ4n) is 1.58. The van der Waals surface area contributed by atoms with Crippen molar-refractivity contribution in [3.05, 3.63) is 29.3 Å². The summed E-state index contributed by atoms with van der Waals surface area (Å²) in [5.74, 6) is 1.45. The van der Waals surface area contributed by atoms with Crippen molar-refractivity contribution in [2.45, 2.75) is 26.8 Å². The van der Waals surface area contributed by atoms with Gasteiger partial charge in [0.15, 0.2) is 0 Å². The second-order valence-corrected chi connectivity index (χ2v) is 3.88. The van der Waals surface area contributed by atoms with Crippen LogP contribution in [0.2, 0.25) is 5.28 Å². The molecule has 0 aliphatic rings. The Bertz CT molecular complexity index is 528. The van der Waals surface area contributed by atoms with Crippen LogP contribution in [0.3, 0.4) is 0 Å². The van der Waals surface area contributed by atoms with Gasteiger partial charge in [-0.1, -0.05) is 0 Å². The minimum absolute atomic E-state index is 0.137. The first-order chi connectivity index (χ1) is 8.72. The zero-order chi connectivity index (χ0) is 13.0. The van der Waals surface area contributed by atoms with E-state index in [1.165, 1.54) is 0 Å². The summed E-state index contributed by atoms with van der Waals surface area (Å²) in [5, 5.41) is 0.137. The Labute approximate surface area is 110 Å². The van der Waals surface area contributed by atoms with Gasteiger partial charge in [0.2, 0.25) is 5.28 Å². The molecule has 0 saturated carbocycles. The fourth-order valence-corrected chi connectivity index (χ4v) is 1.75. The van der Waals surface area contributed by atoms with Crippen molar-refractivity contribution in [1.82, 2.24) is 24.5 Å². The van der Waals surface area contributed by atoms with Crippen LogP contribution in [0.4, 0.5) is 0 Å². The summed E-state index contributed by atoms with van der Waals surface area (Å²) in [6, 6.07) is 0.252. The fraction of sp³-hybridized carbons (Fsp3) is 0.455. The van der Waals surface area contributed by atoms with Crippen molar-refractivity contribution >= 4 is 11.6 Å². The van der Waals surface area contributed by atoms with Crippen molar-refractivity contribution < 1.29 is 4.74 Å². The van der Waals surface area contributed by atoms with Gasteiger partial charge < -0.3 is 9.30 Å². The Kier molecular flexibility index (Phi) is 4.09. The second kappa shape index (κ2) is 5.77. The van der Waals surface area contributed by atoms with Crippen LogP contribution in [0.5, 0.6) is 6.01 Å². The number of halogens is 1. The van der Waals surface area contributed by atoms with Crippen LogP contribution in [0.25, 0.3) is 0 Å². The molecule has 0 fully saturated rings. The lowest BCUT2D eigenvalue weighted by molar-refractivity contribution is 0.310. The number of hydrogen-bond acceptors (Lipinski definition) is 5. The monoisotopic (exact) mass is 267 g/mol. The van der Waals surface area contributed by atoms with Crippen molar-refractivity contribution in [2.75, 3.05) is 6.61 Å². The largest absolute Gasteiger partial charge is 0.464 e. The van der Waals surface area contributed by atoms with E-state index >= 15 is 0 Å². The highest BCUT2D eigenvalue weighted by Crippen LogP contribution is 2.11. The van der Waals surface area contributed by atoms with Crippen LogP contribution in [-0.2, 0) is 13.0 Å². The summed E-state index contributed by atoms with van der Waals surface area (Å²) in [7, 11) is 0. The lowest BCUT2D eigenvalue weighted by Crippen LogP contribution is -2.07. The van der Waals surface area contributed by atoms with E-state index in [1.54, 1.807) is 6.20 Å². The van der Waals surface area contributed by atoms with Gasteiger partial charge in [0.25, 0.3) is 0 Å². The van der Waals surface area contributed by atoms with Gasteiger partial charge in [-0.05, 0) is 25.4 Å². The molecule has 0 aromatic carbocycles. The van der Waals surface area contributed by atoms with Gasteiger partial charge >= 0.3 is 6.01 Å². The summed E-state index contributed by atoms with van der Waals surface area (Å²) in [6.45, 7) is 5.26. The number of rotatable bonds is 5. The Morgan fingerprint density at radius 3 is 2.83 bits per heavy atom. The van der Waals surface area contributed by atoms with Crippen LogP contribution in [0.1, 0.15) is 25.5 Å². The maximum Gasteiger partial charge on any atom is 0.320 e. The summed E-state index contributed by atoms with van der Waals surface area (Å²) >= 11 is 5.83. The summed E-state index contributed by atoms with van der Waals surface area (Å²) in [6.07, 6.45) is 4.18. The van der Waals surface area contributed by atoms with E-state index in [2.05, 4.69) is 26.9 Å². The maximum absolute atomic E-state index is 5.83. The maximum atomic E-state index is 5.83. The summed E-state index contributed by atoms with van der Waals surface area (Å²) < 4.78 is 7.26. The molecule has 0 bridgehead atoms. The van der Waals surface area contributed by atoms with Crippen LogP contribution >= 0.6 is 11.6 Å². The third-order valence-electron chi connectivity index (χ3n) is 2.37. The summed E-state index contributed by atoms with van der Waals surface area (Å²) in [5.41, 5.74) is 0. The first kappa shape index (κ1) is 12.8. The second-order valence-electron chi connectivity index (χ2n) is 3.54. The van der Waals surface area contributed by atoms with E-state index in [0.717, 1.165) is 12.4 Å². The average molecular weight is 268 g/mol. The normalized spacial score (nSPS) is 10.6. The molecule has 96 valence electrons. The Balaban J connectivity index is 2.23. The standard InChI is InChI=1S/C11H14ClN5O/c1-3-17-6-5-13-9(17)7-8-14-10(12)16-11(15-8)18-4-2/h5-6H,3-4,7H2,1-2H3. The molecule has 2 rings (SSSR count). The van der Waals surface area contributed by atoms with Gasteiger partial charge in [-0.25, -0.2) is 9.97 Å². The van der Waals surface area contributed by atoms with Crippen molar-refractivity contribution in [1.29, 1.82) is 0 Å². The van der Waals surface area contributed by atoms with Gasteiger partial charge in [-0.2, -0.15) is 9.97 Å². The zero-order valence-corrected chi connectivity index (χ0v) is 11.1. The van der Waals surface area contributed by atoms with Crippen LogP contribution in [0.15, 0.2) is 12.4 Å². The van der Waals surface area contributed by atoms with Crippen LogP contribution < -0.4 is 4.74 Å². The van der Waals surface area contributed by atoms with Gasteiger partial charge in [0.1, 0.15) is 11.6 Å². The molecular weight excluding hydrogens is 254 g/mol. The lowest BCUT2D eigenvalue weighted by Gasteiger charge is -2.05. The Hall–Kier alpha value is -1.69. The predicted molar refractivity (Wildman–Crippen MR) is 66.7 cm³/mol. The molecule has 0 N–H and O–H groups in total. The highest BCUT2D eigenvalue weighted by atomic mass is 35.5.